The molecular weight excluding hydrogens is 244 g/mol. The molecule has 0 atom stereocenters. The highest BCUT2D eigenvalue weighted by Gasteiger charge is 2.55. The zero-order valence-electron chi connectivity index (χ0n) is 9.61. The Bertz CT molecular complexity index is 462. The number of nitrogen functional groups attached to an aromatic ring is 1. The van der Waals surface area contributed by atoms with E-state index in [1.165, 1.54) is 13.3 Å². The first-order chi connectivity index (χ1) is 8.01. The fourth-order valence-corrected chi connectivity index (χ4v) is 1.95. The fraction of sp³-hybridized carbons (Fsp3) is 0.500. The highest BCUT2D eigenvalue weighted by Crippen LogP contribution is 2.44. The molecule has 0 saturated heterocycles. The lowest BCUT2D eigenvalue weighted by Crippen LogP contribution is -2.42. The highest BCUT2D eigenvalue weighted by atomic mass is 35.5. The van der Waals surface area contributed by atoms with Crippen LogP contribution in [0.1, 0.15) is 12.8 Å². The van der Waals surface area contributed by atoms with Crippen LogP contribution in [0.2, 0.25) is 5.28 Å². The SMILES string of the molecule is COC(=O)C1(N(C)c2nc(Cl)ncc2N)CC1. The van der Waals surface area contributed by atoms with Gasteiger partial charge in [-0.2, -0.15) is 4.98 Å². The highest BCUT2D eigenvalue weighted by molar-refractivity contribution is 6.28. The van der Waals surface area contributed by atoms with E-state index in [0.717, 1.165) is 12.8 Å². The van der Waals surface area contributed by atoms with Crippen LogP contribution < -0.4 is 10.6 Å². The number of halogens is 1. The molecule has 1 aromatic heterocycles. The van der Waals surface area contributed by atoms with E-state index in [2.05, 4.69) is 9.97 Å². The number of anilines is 2. The molecule has 7 heteroatoms. The predicted octanol–water partition coefficient (Wildman–Crippen LogP) is 0.854. The molecule has 0 amide bonds. The van der Waals surface area contributed by atoms with Crippen molar-refractivity contribution in [3.8, 4) is 0 Å². The topological polar surface area (TPSA) is 81.3 Å². The molecule has 0 aliphatic heterocycles. The zero-order chi connectivity index (χ0) is 12.6. The molecule has 0 bridgehead atoms. The molecule has 1 aliphatic carbocycles. The molecule has 0 spiro atoms. The van der Waals surface area contributed by atoms with Crippen molar-refractivity contribution in [3.05, 3.63) is 11.5 Å². The number of likely N-dealkylation sites (N-methyl/N-ethyl adjacent to an activating group) is 1. The third-order valence-corrected chi connectivity index (χ3v) is 3.20. The van der Waals surface area contributed by atoms with Crippen LogP contribution in [0.3, 0.4) is 0 Å². The Hall–Kier alpha value is -1.56. The Morgan fingerprint density at radius 2 is 2.29 bits per heavy atom. The monoisotopic (exact) mass is 256 g/mol. The van der Waals surface area contributed by atoms with E-state index in [9.17, 15) is 4.79 Å². The van der Waals surface area contributed by atoms with E-state index in [0.29, 0.717) is 11.5 Å². The van der Waals surface area contributed by atoms with Crippen LogP contribution in [0.5, 0.6) is 0 Å². The molecule has 0 aromatic carbocycles. The number of aromatic nitrogens is 2. The van der Waals surface area contributed by atoms with Gasteiger partial charge in [-0.25, -0.2) is 9.78 Å². The van der Waals surface area contributed by atoms with E-state index in [4.69, 9.17) is 22.1 Å². The number of nitrogens with zero attached hydrogens (tertiary/aromatic N) is 3. The first kappa shape index (κ1) is 11.9. The maximum Gasteiger partial charge on any atom is 0.331 e. The lowest BCUT2D eigenvalue weighted by molar-refractivity contribution is -0.143. The van der Waals surface area contributed by atoms with E-state index in [1.54, 1.807) is 11.9 Å². The summed E-state index contributed by atoms with van der Waals surface area (Å²) in [4.78, 5) is 21.3. The van der Waals surface area contributed by atoms with Gasteiger partial charge in [0.15, 0.2) is 5.82 Å². The van der Waals surface area contributed by atoms with Gasteiger partial charge in [0, 0.05) is 7.05 Å². The summed E-state index contributed by atoms with van der Waals surface area (Å²) in [5.41, 5.74) is 5.51. The number of hydrogen-bond donors (Lipinski definition) is 1. The largest absolute Gasteiger partial charge is 0.467 e. The lowest BCUT2D eigenvalue weighted by Gasteiger charge is -2.27. The van der Waals surface area contributed by atoms with Gasteiger partial charge in [-0.1, -0.05) is 0 Å². The molecule has 1 heterocycles. The van der Waals surface area contributed by atoms with Crippen LogP contribution >= 0.6 is 11.6 Å². The van der Waals surface area contributed by atoms with E-state index in [-0.39, 0.29) is 11.3 Å². The Labute approximate surface area is 104 Å². The Kier molecular flexibility index (Phi) is 2.82. The smallest absolute Gasteiger partial charge is 0.331 e. The average molecular weight is 257 g/mol. The second kappa shape index (κ2) is 4.03. The third-order valence-electron chi connectivity index (χ3n) is 3.02. The second-order valence-corrected chi connectivity index (χ2v) is 4.34. The second-order valence-electron chi connectivity index (χ2n) is 4.00. The van der Waals surface area contributed by atoms with Gasteiger partial charge in [0.25, 0.3) is 0 Å². The summed E-state index contributed by atoms with van der Waals surface area (Å²) in [7, 11) is 3.12. The summed E-state index contributed by atoms with van der Waals surface area (Å²) < 4.78 is 4.79. The minimum absolute atomic E-state index is 0.0988. The lowest BCUT2D eigenvalue weighted by atomic mass is 10.2. The molecule has 1 fully saturated rings. The number of methoxy groups -OCH3 is 1. The minimum atomic E-state index is -0.652. The molecule has 2 rings (SSSR count). The molecule has 92 valence electrons. The average Bonchev–Trinajstić information content (AvgIpc) is 3.11. The number of ether oxygens (including phenoxy) is 1. The standard InChI is InChI=1S/C10H13ClN4O2/c1-15(10(3-4-10)8(16)17-2)7-6(12)5-13-9(11)14-7/h5H,3-4,12H2,1-2H3. The molecule has 17 heavy (non-hydrogen) atoms. The van der Waals surface area contributed by atoms with E-state index < -0.39 is 5.54 Å². The van der Waals surface area contributed by atoms with Crippen LogP contribution in [0.15, 0.2) is 6.20 Å². The van der Waals surface area contributed by atoms with Crippen molar-refractivity contribution in [1.29, 1.82) is 0 Å². The number of nitrogens with two attached hydrogens (primary N) is 1. The molecule has 0 radical (unpaired) electrons. The van der Waals surface area contributed by atoms with Crippen LogP contribution in [0.25, 0.3) is 0 Å². The van der Waals surface area contributed by atoms with Crippen molar-refractivity contribution in [3.63, 3.8) is 0 Å². The summed E-state index contributed by atoms with van der Waals surface area (Å²) in [6.45, 7) is 0. The summed E-state index contributed by atoms with van der Waals surface area (Å²) >= 11 is 5.72. The molecule has 0 unspecified atom stereocenters. The Morgan fingerprint density at radius 1 is 1.65 bits per heavy atom. The van der Waals surface area contributed by atoms with Crippen LogP contribution in [-0.4, -0.2) is 35.6 Å². The van der Waals surface area contributed by atoms with E-state index >= 15 is 0 Å². The van der Waals surface area contributed by atoms with E-state index in [1.807, 2.05) is 0 Å². The molecule has 2 N–H and O–H groups in total. The predicted molar refractivity (Wildman–Crippen MR) is 63.8 cm³/mol. The van der Waals surface area contributed by atoms with Gasteiger partial charge in [-0.05, 0) is 24.4 Å². The molecule has 1 saturated carbocycles. The number of carbonyl (C=O) groups excluding carboxylic acids is 1. The van der Waals surface area contributed by atoms with Gasteiger partial charge < -0.3 is 15.4 Å². The van der Waals surface area contributed by atoms with Crippen molar-refractivity contribution in [2.45, 2.75) is 18.4 Å². The van der Waals surface area contributed by atoms with Gasteiger partial charge in [0.2, 0.25) is 5.28 Å². The normalized spacial score (nSPS) is 16.4. The van der Waals surface area contributed by atoms with Gasteiger partial charge >= 0.3 is 5.97 Å². The first-order valence-electron chi connectivity index (χ1n) is 5.11. The summed E-state index contributed by atoms with van der Waals surface area (Å²) in [6, 6.07) is 0. The van der Waals surface area contributed by atoms with Crippen molar-refractivity contribution in [2.75, 3.05) is 24.8 Å². The van der Waals surface area contributed by atoms with Crippen molar-refractivity contribution in [2.24, 2.45) is 0 Å². The number of carbonyl (C=O) groups is 1. The number of hydrogen-bond acceptors (Lipinski definition) is 6. The first-order valence-corrected chi connectivity index (χ1v) is 5.49. The zero-order valence-corrected chi connectivity index (χ0v) is 10.4. The number of rotatable bonds is 3. The van der Waals surface area contributed by atoms with Crippen molar-refractivity contribution < 1.29 is 9.53 Å². The summed E-state index contributed by atoms with van der Waals surface area (Å²) in [5.74, 6) is 0.169. The van der Waals surface area contributed by atoms with Crippen molar-refractivity contribution >= 4 is 29.1 Å². The summed E-state index contributed by atoms with van der Waals surface area (Å²) in [5, 5.41) is 0.0988. The molecule has 1 aromatic rings. The maximum atomic E-state index is 11.7. The van der Waals surface area contributed by atoms with Gasteiger partial charge in [0.05, 0.1) is 19.0 Å². The quantitative estimate of drug-likeness (QED) is 0.638. The minimum Gasteiger partial charge on any atom is -0.467 e. The fourth-order valence-electron chi connectivity index (χ4n) is 1.82. The molecular formula is C10H13ClN4O2. The number of esters is 1. The molecule has 6 nitrogen and oxygen atoms in total. The van der Waals surface area contributed by atoms with Crippen LogP contribution in [-0.2, 0) is 9.53 Å². The Balaban J connectivity index is 2.34. The Morgan fingerprint density at radius 3 is 2.82 bits per heavy atom. The molecule has 1 aliphatic rings. The maximum absolute atomic E-state index is 11.7. The van der Waals surface area contributed by atoms with Crippen LogP contribution in [0, 0.1) is 0 Å². The van der Waals surface area contributed by atoms with Gasteiger partial charge in [0.1, 0.15) is 5.54 Å². The van der Waals surface area contributed by atoms with Gasteiger partial charge in [-0.3, -0.25) is 0 Å². The van der Waals surface area contributed by atoms with Crippen molar-refractivity contribution in [1.82, 2.24) is 9.97 Å². The van der Waals surface area contributed by atoms with Crippen LogP contribution in [0.4, 0.5) is 11.5 Å². The third kappa shape index (κ3) is 1.88. The van der Waals surface area contributed by atoms with Gasteiger partial charge in [-0.15, -0.1) is 0 Å². The summed E-state index contributed by atoms with van der Waals surface area (Å²) in [6.07, 6.45) is 2.86.